The third-order valence-corrected chi connectivity index (χ3v) is 5.05. The molecular weight excluding hydrogens is 316 g/mol. The SMILES string of the molecule is CC[C@@]1(C#N)CCN(c2ccnn3cc(-c4cnn(C)c4)cc23)C1=O. The van der Waals surface area contributed by atoms with Crippen LogP contribution in [0.15, 0.2) is 36.9 Å². The van der Waals surface area contributed by atoms with E-state index in [0.29, 0.717) is 19.4 Å². The lowest BCUT2D eigenvalue weighted by molar-refractivity contribution is -0.123. The summed E-state index contributed by atoms with van der Waals surface area (Å²) in [6.07, 6.45) is 8.43. The number of hydrogen-bond acceptors (Lipinski definition) is 4. The number of carbonyl (C=O) groups is 1. The quantitative estimate of drug-likeness (QED) is 0.737. The smallest absolute Gasteiger partial charge is 0.247 e. The molecule has 3 aromatic rings. The summed E-state index contributed by atoms with van der Waals surface area (Å²) in [5.74, 6) is -0.116. The molecule has 0 unspecified atom stereocenters. The van der Waals surface area contributed by atoms with E-state index in [1.54, 1.807) is 26.5 Å². The van der Waals surface area contributed by atoms with Crippen LogP contribution < -0.4 is 4.90 Å². The van der Waals surface area contributed by atoms with Gasteiger partial charge in [-0.15, -0.1) is 0 Å². The van der Waals surface area contributed by atoms with Crippen molar-refractivity contribution in [2.45, 2.75) is 19.8 Å². The van der Waals surface area contributed by atoms with Crippen molar-refractivity contribution in [3.63, 3.8) is 0 Å². The van der Waals surface area contributed by atoms with Gasteiger partial charge in [0.25, 0.3) is 0 Å². The van der Waals surface area contributed by atoms with Crippen LogP contribution in [-0.2, 0) is 11.8 Å². The second-order valence-electron chi connectivity index (χ2n) is 6.43. The highest BCUT2D eigenvalue weighted by atomic mass is 16.2. The predicted molar refractivity (Wildman–Crippen MR) is 92.7 cm³/mol. The molecule has 0 aromatic carbocycles. The number of rotatable bonds is 3. The molecule has 0 bridgehead atoms. The molecule has 0 N–H and O–H groups in total. The third-order valence-electron chi connectivity index (χ3n) is 5.05. The fourth-order valence-electron chi connectivity index (χ4n) is 3.47. The maximum atomic E-state index is 12.9. The number of nitriles is 1. The van der Waals surface area contributed by atoms with Crippen molar-refractivity contribution in [2.24, 2.45) is 12.5 Å². The third kappa shape index (κ3) is 2.22. The Morgan fingerprint density at radius 2 is 2.16 bits per heavy atom. The van der Waals surface area contributed by atoms with Gasteiger partial charge < -0.3 is 4.90 Å². The standard InChI is InChI=1S/C18H18N6O/c1-3-18(12-19)5-7-23(17(18)25)15-4-6-20-24-11-13(8-16(15)24)14-9-21-22(2)10-14/h4,6,8-11H,3,5,7H2,1-2H3/t18-/m0/s1. The molecule has 1 aliphatic rings. The Morgan fingerprint density at radius 1 is 1.32 bits per heavy atom. The first-order valence-corrected chi connectivity index (χ1v) is 8.27. The molecule has 7 nitrogen and oxygen atoms in total. The Labute approximate surface area is 145 Å². The van der Waals surface area contributed by atoms with Gasteiger partial charge in [0.05, 0.1) is 23.5 Å². The van der Waals surface area contributed by atoms with Crippen molar-refractivity contribution >= 4 is 17.1 Å². The molecule has 126 valence electrons. The van der Waals surface area contributed by atoms with Crippen molar-refractivity contribution in [1.82, 2.24) is 19.4 Å². The molecule has 0 radical (unpaired) electrons. The summed E-state index contributed by atoms with van der Waals surface area (Å²) in [6, 6.07) is 6.08. The molecule has 4 heterocycles. The highest BCUT2D eigenvalue weighted by Crippen LogP contribution is 2.39. The van der Waals surface area contributed by atoms with Crippen LogP contribution >= 0.6 is 0 Å². The topological polar surface area (TPSA) is 79.2 Å². The van der Waals surface area contributed by atoms with Crippen molar-refractivity contribution in [3.8, 4) is 17.2 Å². The van der Waals surface area contributed by atoms with E-state index in [1.807, 2.05) is 38.5 Å². The van der Waals surface area contributed by atoms with E-state index >= 15 is 0 Å². The van der Waals surface area contributed by atoms with E-state index < -0.39 is 5.41 Å². The zero-order valence-electron chi connectivity index (χ0n) is 14.2. The molecule has 1 saturated heterocycles. The molecule has 1 amide bonds. The predicted octanol–water partition coefficient (Wildman–Crippen LogP) is 2.39. The van der Waals surface area contributed by atoms with E-state index in [-0.39, 0.29) is 5.91 Å². The van der Waals surface area contributed by atoms with Gasteiger partial charge in [0.15, 0.2) is 0 Å². The number of aryl methyl sites for hydroxylation is 1. The first-order valence-electron chi connectivity index (χ1n) is 8.27. The molecule has 25 heavy (non-hydrogen) atoms. The van der Waals surface area contributed by atoms with Gasteiger partial charge >= 0.3 is 0 Å². The van der Waals surface area contributed by atoms with Crippen molar-refractivity contribution < 1.29 is 4.79 Å². The van der Waals surface area contributed by atoms with E-state index in [2.05, 4.69) is 16.3 Å². The van der Waals surface area contributed by atoms with Crippen LogP contribution in [0.5, 0.6) is 0 Å². The summed E-state index contributed by atoms with van der Waals surface area (Å²) in [5.41, 5.74) is 2.72. The Balaban J connectivity index is 1.80. The normalized spacial score (nSPS) is 20.4. The highest BCUT2D eigenvalue weighted by molar-refractivity contribution is 6.04. The lowest BCUT2D eigenvalue weighted by Gasteiger charge is -2.20. The number of amides is 1. The monoisotopic (exact) mass is 334 g/mol. The summed E-state index contributed by atoms with van der Waals surface area (Å²) < 4.78 is 3.52. The lowest BCUT2D eigenvalue weighted by atomic mass is 9.85. The van der Waals surface area contributed by atoms with Gasteiger partial charge in [-0.25, -0.2) is 4.52 Å². The molecule has 0 spiro atoms. The van der Waals surface area contributed by atoms with Crippen LogP contribution in [0.3, 0.4) is 0 Å². The van der Waals surface area contributed by atoms with Gasteiger partial charge in [0.1, 0.15) is 5.41 Å². The number of fused-ring (bicyclic) bond motifs is 1. The van der Waals surface area contributed by atoms with Crippen molar-refractivity contribution in [2.75, 3.05) is 11.4 Å². The Bertz CT molecular complexity index is 1010. The minimum absolute atomic E-state index is 0.116. The number of aromatic nitrogens is 4. The second-order valence-corrected chi connectivity index (χ2v) is 6.43. The summed E-state index contributed by atoms with van der Waals surface area (Å²) in [5, 5.41) is 18.1. The van der Waals surface area contributed by atoms with E-state index in [9.17, 15) is 10.1 Å². The molecule has 0 saturated carbocycles. The van der Waals surface area contributed by atoms with Crippen LogP contribution in [0, 0.1) is 16.7 Å². The fourth-order valence-corrected chi connectivity index (χ4v) is 3.47. The first kappa shape index (κ1) is 15.4. The van der Waals surface area contributed by atoms with Gasteiger partial charge in [-0.05, 0) is 25.0 Å². The molecule has 1 aliphatic heterocycles. The van der Waals surface area contributed by atoms with E-state index in [4.69, 9.17) is 0 Å². The Morgan fingerprint density at radius 3 is 2.80 bits per heavy atom. The Kier molecular flexibility index (Phi) is 3.35. The minimum atomic E-state index is -0.904. The summed E-state index contributed by atoms with van der Waals surface area (Å²) in [4.78, 5) is 14.6. The minimum Gasteiger partial charge on any atom is -0.309 e. The Hall–Kier alpha value is -3.14. The number of carbonyl (C=O) groups excluding carboxylic acids is 1. The largest absolute Gasteiger partial charge is 0.309 e. The van der Waals surface area contributed by atoms with Gasteiger partial charge in [-0.2, -0.15) is 15.5 Å². The molecule has 1 atom stereocenters. The van der Waals surface area contributed by atoms with Gasteiger partial charge in [-0.1, -0.05) is 6.92 Å². The van der Waals surface area contributed by atoms with Crippen molar-refractivity contribution in [1.29, 1.82) is 5.26 Å². The van der Waals surface area contributed by atoms with E-state index in [0.717, 1.165) is 22.3 Å². The van der Waals surface area contributed by atoms with Gasteiger partial charge in [0.2, 0.25) is 5.91 Å². The van der Waals surface area contributed by atoms with Crippen LogP contribution in [0.2, 0.25) is 0 Å². The second kappa shape index (κ2) is 5.45. The fraction of sp³-hybridized carbons (Fsp3) is 0.333. The zero-order valence-corrected chi connectivity index (χ0v) is 14.2. The maximum absolute atomic E-state index is 12.9. The van der Waals surface area contributed by atoms with Crippen LogP contribution in [0.4, 0.5) is 5.69 Å². The average molecular weight is 334 g/mol. The van der Waals surface area contributed by atoms with Gasteiger partial charge in [0, 0.05) is 43.3 Å². The maximum Gasteiger partial charge on any atom is 0.247 e. The number of anilines is 1. The number of nitrogens with zero attached hydrogens (tertiary/aromatic N) is 6. The zero-order chi connectivity index (χ0) is 17.6. The summed E-state index contributed by atoms with van der Waals surface area (Å²) in [6.45, 7) is 2.44. The van der Waals surface area contributed by atoms with Crippen molar-refractivity contribution in [3.05, 3.63) is 36.9 Å². The molecular formula is C18H18N6O. The molecule has 0 aliphatic carbocycles. The number of hydrogen-bond donors (Lipinski definition) is 0. The van der Waals surface area contributed by atoms with Crippen LogP contribution in [0.25, 0.3) is 16.6 Å². The van der Waals surface area contributed by atoms with Crippen LogP contribution in [0.1, 0.15) is 19.8 Å². The van der Waals surface area contributed by atoms with Crippen LogP contribution in [-0.4, -0.2) is 31.8 Å². The molecule has 4 rings (SSSR count). The first-order chi connectivity index (χ1) is 12.1. The average Bonchev–Trinajstić information content (AvgIpc) is 3.31. The molecule has 7 heteroatoms. The van der Waals surface area contributed by atoms with E-state index in [1.165, 1.54) is 0 Å². The van der Waals surface area contributed by atoms with Gasteiger partial charge in [-0.3, -0.25) is 9.48 Å². The summed E-state index contributed by atoms with van der Waals surface area (Å²) in [7, 11) is 1.87. The summed E-state index contributed by atoms with van der Waals surface area (Å²) >= 11 is 0. The lowest BCUT2D eigenvalue weighted by Crippen LogP contribution is -2.33. The highest BCUT2D eigenvalue weighted by Gasteiger charge is 2.46. The molecule has 3 aromatic heterocycles. The molecule has 1 fully saturated rings.